The van der Waals surface area contributed by atoms with Gasteiger partial charge < -0.3 is 5.32 Å². The predicted molar refractivity (Wildman–Crippen MR) is 56.5 cm³/mol. The van der Waals surface area contributed by atoms with Crippen LogP contribution in [0.1, 0.15) is 6.92 Å². The molecule has 0 fully saturated rings. The van der Waals surface area contributed by atoms with Gasteiger partial charge in [0.05, 0.1) is 18.6 Å². The lowest BCUT2D eigenvalue weighted by molar-refractivity contribution is 0.343. The van der Waals surface area contributed by atoms with Gasteiger partial charge in [0.1, 0.15) is 10.4 Å². The number of halogens is 1. The summed E-state index contributed by atoms with van der Waals surface area (Å²) in [5, 5.41) is 3.20. The molecule has 0 radical (unpaired) electrons. The van der Waals surface area contributed by atoms with E-state index in [-0.39, 0.29) is 6.17 Å². The second kappa shape index (κ2) is 4.53. The first-order valence-electron chi connectivity index (χ1n) is 4.00. The van der Waals surface area contributed by atoms with Crippen molar-refractivity contribution >= 4 is 21.7 Å². The van der Waals surface area contributed by atoms with Crippen LogP contribution in [0, 0.1) is 0 Å². The van der Waals surface area contributed by atoms with Gasteiger partial charge in [0, 0.05) is 0 Å². The van der Waals surface area contributed by atoms with Crippen molar-refractivity contribution in [3.05, 3.63) is 17.0 Å². The molecule has 0 aliphatic heterocycles. The van der Waals surface area contributed by atoms with Crippen LogP contribution in [0.15, 0.2) is 17.0 Å². The summed E-state index contributed by atoms with van der Waals surface area (Å²) in [5.74, 6) is 0.782. The molecule has 1 aromatic heterocycles. The van der Waals surface area contributed by atoms with Crippen molar-refractivity contribution in [2.24, 2.45) is 0 Å². The minimum atomic E-state index is 0.246. The summed E-state index contributed by atoms with van der Waals surface area (Å²) in [4.78, 5) is 10.3. The zero-order valence-electron chi connectivity index (χ0n) is 7.95. The molecule has 1 rings (SSSR count). The van der Waals surface area contributed by atoms with E-state index in [9.17, 15) is 0 Å². The first kappa shape index (κ1) is 10.4. The molecule has 1 aromatic rings. The molecule has 0 spiro atoms. The van der Waals surface area contributed by atoms with E-state index in [1.54, 1.807) is 12.4 Å². The summed E-state index contributed by atoms with van der Waals surface area (Å²) >= 11 is 3.23. The fourth-order valence-corrected chi connectivity index (χ4v) is 0.935. The van der Waals surface area contributed by atoms with E-state index in [1.165, 1.54) is 0 Å². The molecule has 0 aliphatic carbocycles. The maximum Gasteiger partial charge on any atom is 0.145 e. The highest BCUT2D eigenvalue weighted by Crippen LogP contribution is 2.07. The molecule has 0 aromatic carbocycles. The normalized spacial score (nSPS) is 13.0. The summed E-state index contributed by atoms with van der Waals surface area (Å²) < 4.78 is 0.746. The molecular weight excluding hydrogens is 232 g/mol. The molecule has 1 unspecified atom stereocenters. The van der Waals surface area contributed by atoms with Gasteiger partial charge >= 0.3 is 0 Å². The fourth-order valence-electron chi connectivity index (χ4n) is 0.730. The summed E-state index contributed by atoms with van der Waals surface area (Å²) in [6, 6.07) is 0. The smallest absolute Gasteiger partial charge is 0.145 e. The minimum Gasteiger partial charge on any atom is -0.354 e. The lowest BCUT2D eigenvalue weighted by Crippen LogP contribution is -2.32. The van der Waals surface area contributed by atoms with Gasteiger partial charge in [-0.1, -0.05) is 0 Å². The van der Waals surface area contributed by atoms with E-state index >= 15 is 0 Å². The summed E-state index contributed by atoms with van der Waals surface area (Å²) in [7, 11) is 4.01. The minimum absolute atomic E-state index is 0.246. The lowest BCUT2D eigenvalue weighted by Gasteiger charge is -2.21. The third-order valence-corrected chi connectivity index (χ3v) is 2.16. The standard InChI is InChI=1S/C8H13BrN4/c1-6(13(2)3)12-8-5-10-7(9)4-11-8/h4-6H,1-3H3,(H,11,12). The van der Waals surface area contributed by atoms with Crippen LogP contribution in [0.4, 0.5) is 5.82 Å². The number of aromatic nitrogens is 2. The first-order chi connectivity index (χ1) is 6.09. The Morgan fingerprint density at radius 3 is 2.54 bits per heavy atom. The number of hydrogen-bond acceptors (Lipinski definition) is 4. The molecule has 0 aliphatic rings. The van der Waals surface area contributed by atoms with E-state index in [0.29, 0.717) is 0 Å². The van der Waals surface area contributed by atoms with E-state index in [1.807, 2.05) is 14.1 Å². The van der Waals surface area contributed by atoms with Gasteiger partial charge in [0.25, 0.3) is 0 Å². The quantitative estimate of drug-likeness (QED) is 0.820. The highest BCUT2D eigenvalue weighted by atomic mass is 79.9. The predicted octanol–water partition coefficient (Wildman–Crippen LogP) is 1.56. The van der Waals surface area contributed by atoms with Crippen LogP contribution in [0.3, 0.4) is 0 Å². The largest absolute Gasteiger partial charge is 0.354 e. The van der Waals surface area contributed by atoms with Gasteiger partial charge in [-0.25, -0.2) is 9.97 Å². The number of anilines is 1. The maximum atomic E-state index is 4.15. The van der Waals surface area contributed by atoms with E-state index < -0.39 is 0 Å². The number of hydrogen-bond donors (Lipinski definition) is 1. The summed E-state index contributed by atoms with van der Waals surface area (Å²) in [6.45, 7) is 2.06. The molecule has 0 bridgehead atoms. The molecule has 13 heavy (non-hydrogen) atoms. The second-order valence-corrected chi connectivity index (χ2v) is 3.82. The van der Waals surface area contributed by atoms with Crippen molar-refractivity contribution in [2.75, 3.05) is 19.4 Å². The first-order valence-corrected chi connectivity index (χ1v) is 4.79. The maximum absolute atomic E-state index is 4.15. The van der Waals surface area contributed by atoms with Crippen LogP contribution in [0.2, 0.25) is 0 Å². The van der Waals surface area contributed by atoms with Gasteiger partial charge in [-0.05, 0) is 36.9 Å². The SMILES string of the molecule is CC(Nc1cnc(Br)cn1)N(C)C. The van der Waals surface area contributed by atoms with E-state index in [0.717, 1.165) is 10.4 Å². The summed E-state index contributed by atoms with van der Waals surface area (Å²) in [5.41, 5.74) is 0. The Morgan fingerprint density at radius 1 is 1.38 bits per heavy atom. The molecule has 5 heteroatoms. The summed E-state index contributed by atoms with van der Waals surface area (Å²) in [6.07, 6.45) is 3.62. The van der Waals surface area contributed by atoms with Gasteiger partial charge in [-0.15, -0.1) is 0 Å². The number of rotatable bonds is 3. The average Bonchev–Trinajstić information content (AvgIpc) is 2.08. The van der Waals surface area contributed by atoms with Crippen LogP contribution < -0.4 is 5.32 Å². The highest BCUT2D eigenvalue weighted by Gasteiger charge is 2.04. The van der Waals surface area contributed by atoms with Crippen molar-refractivity contribution in [1.82, 2.24) is 14.9 Å². The molecule has 0 amide bonds. The molecule has 4 nitrogen and oxygen atoms in total. The topological polar surface area (TPSA) is 41.1 Å². The number of nitrogens with zero attached hydrogens (tertiary/aromatic N) is 3. The fraction of sp³-hybridized carbons (Fsp3) is 0.500. The Labute approximate surface area is 86.5 Å². The molecule has 1 N–H and O–H groups in total. The monoisotopic (exact) mass is 244 g/mol. The van der Waals surface area contributed by atoms with E-state index in [2.05, 4.69) is 43.0 Å². The van der Waals surface area contributed by atoms with Crippen LogP contribution in [-0.2, 0) is 0 Å². The van der Waals surface area contributed by atoms with Crippen molar-refractivity contribution in [3.63, 3.8) is 0 Å². The van der Waals surface area contributed by atoms with Crippen LogP contribution in [0.5, 0.6) is 0 Å². The van der Waals surface area contributed by atoms with Gasteiger partial charge in [0.15, 0.2) is 0 Å². The van der Waals surface area contributed by atoms with Crippen LogP contribution in [-0.4, -0.2) is 35.1 Å². The lowest BCUT2D eigenvalue weighted by atomic mass is 10.5. The average molecular weight is 245 g/mol. The van der Waals surface area contributed by atoms with Crippen LogP contribution in [0.25, 0.3) is 0 Å². The third kappa shape index (κ3) is 3.28. The molecule has 1 heterocycles. The zero-order valence-corrected chi connectivity index (χ0v) is 9.54. The van der Waals surface area contributed by atoms with E-state index in [4.69, 9.17) is 0 Å². The van der Waals surface area contributed by atoms with Crippen LogP contribution >= 0.6 is 15.9 Å². The molecule has 1 atom stereocenters. The molecule has 0 saturated heterocycles. The van der Waals surface area contributed by atoms with Gasteiger partial charge in [-0.2, -0.15) is 0 Å². The Bertz CT molecular complexity index is 259. The van der Waals surface area contributed by atoms with Crippen molar-refractivity contribution in [2.45, 2.75) is 13.1 Å². The third-order valence-electron chi connectivity index (χ3n) is 1.75. The number of nitrogens with one attached hydrogen (secondary N) is 1. The molecular formula is C8H13BrN4. The van der Waals surface area contributed by atoms with Crippen molar-refractivity contribution < 1.29 is 0 Å². The van der Waals surface area contributed by atoms with Gasteiger partial charge in [0.2, 0.25) is 0 Å². The Balaban J connectivity index is 2.59. The Kier molecular flexibility index (Phi) is 3.62. The molecule has 72 valence electrons. The Morgan fingerprint density at radius 2 is 2.08 bits per heavy atom. The molecule has 0 saturated carbocycles. The van der Waals surface area contributed by atoms with Gasteiger partial charge in [-0.3, -0.25) is 4.90 Å². The van der Waals surface area contributed by atoms with Crippen molar-refractivity contribution in [1.29, 1.82) is 0 Å². The highest BCUT2D eigenvalue weighted by molar-refractivity contribution is 9.10. The Hall–Kier alpha value is -0.680. The zero-order chi connectivity index (χ0) is 9.84. The second-order valence-electron chi connectivity index (χ2n) is 3.01. The van der Waals surface area contributed by atoms with Crippen molar-refractivity contribution in [3.8, 4) is 0 Å².